The van der Waals surface area contributed by atoms with Gasteiger partial charge in [0, 0.05) is 24.2 Å². The van der Waals surface area contributed by atoms with E-state index in [1.54, 1.807) is 0 Å². The molecule has 1 heterocycles. The summed E-state index contributed by atoms with van der Waals surface area (Å²) in [6.07, 6.45) is 2.00. The van der Waals surface area contributed by atoms with Gasteiger partial charge in [-0.15, -0.1) is 0 Å². The molecule has 4 heteroatoms. The highest BCUT2D eigenvalue weighted by Crippen LogP contribution is 2.29. The van der Waals surface area contributed by atoms with Crippen LogP contribution in [0, 0.1) is 5.92 Å². The van der Waals surface area contributed by atoms with Gasteiger partial charge in [0.05, 0.1) is 5.92 Å². The van der Waals surface area contributed by atoms with E-state index < -0.39 is 0 Å². The number of halogens is 1. The highest BCUT2D eigenvalue weighted by atomic mass is 35.5. The summed E-state index contributed by atoms with van der Waals surface area (Å²) in [7, 11) is 0. The fourth-order valence-electron chi connectivity index (χ4n) is 2.92. The number of rotatable bonds is 3. The van der Waals surface area contributed by atoms with Crippen LogP contribution in [0.1, 0.15) is 38.2 Å². The van der Waals surface area contributed by atoms with E-state index in [1.807, 2.05) is 29.2 Å². The third-order valence-corrected chi connectivity index (χ3v) is 4.15. The van der Waals surface area contributed by atoms with Gasteiger partial charge in [-0.2, -0.15) is 0 Å². The Hall–Kier alpha value is -1.06. The molecule has 2 unspecified atom stereocenters. The average molecular weight is 295 g/mol. The number of nitrogens with two attached hydrogens (primary N) is 1. The minimum atomic E-state index is -0.140. The highest BCUT2D eigenvalue weighted by Gasteiger charge is 2.30. The van der Waals surface area contributed by atoms with E-state index in [0.29, 0.717) is 11.6 Å². The number of nitrogens with zero attached hydrogens (tertiary/aromatic N) is 1. The molecule has 1 aromatic rings. The summed E-state index contributed by atoms with van der Waals surface area (Å²) in [6.45, 7) is 5.64. The maximum absolute atomic E-state index is 12.8. The van der Waals surface area contributed by atoms with E-state index in [0.717, 1.165) is 24.9 Å². The minimum Gasteiger partial charge on any atom is -0.341 e. The Morgan fingerprint density at radius 2 is 2.20 bits per heavy atom. The van der Waals surface area contributed by atoms with Gasteiger partial charge in [-0.05, 0) is 36.5 Å². The van der Waals surface area contributed by atoms with Crippen LogP contribution >= 0.6 is 11.6 Å². The number of amides is 1. The molecule has 1 saturated heterocycles. The maximum atomic E-state index is 12.8. The van der Waals surface area contributed by atoms with Crippen molar-refractivity contribution in [2.75, 3.05) is 13.1 Å². The zero-order valence-corrected chi connectivity index (χ0v) is 12.9. The van der Waals surface area contributed by atoms with E-state index in [1.165, 1.54) is 0 Å². The lowest BCUT2D eigenvalue weighted by Gasteiger charge is -2.34. The number of benzene rings is 1. The molecule has 1 aliphatic rings. The zero-order chi connectivity index (χ0) is 14.7. The fraction of sp³-hybridized carbons (Fsp3) is 0.562. The Bertz CT molecular complexity index is 475. The zero-order valence-electron chi connectivity index (χ0n) is 12.2. The second-order valence-electron chi connectivity index (χ2n) is 5.96. The summed E-state index contributed by atoms with van der Waals surface area (Å²) in [4.78, 5) is 14.7. The first-order valence-electron chi connectivity index (χ1n) is 7.29. The second-order valence-corrected chi connectivity index (χ2v) is 6.40. The third-order valence-electron chi connectivity index (χ3n) is 3.91. The Kier molecular flexibility index (Phi) is 5.06. The molecule has 1 fully saturated rings. The van der Waals surface area contributed by atoms with Gasteiger partial charge in [0.15, 0.2) is 0 Å². The molecule has 2 atom stereocenters. The fourth-order valence-corrected chi connectivity index (χ4v) is 3.12. The number of carbonyl (C=O) groups is 1. The third kappa shape index (κ3) is 3.53. The summed E-state index contributed by atoms with van der Waals surface area (Å²) in [5, 5.41) is 0.677. The summed E-state index contributed by atoms with van der Waals surface area (Å²) >= 11 is 6.06. The molecule has 0 bridgehead atoms. The van der Waals surface area contributed by atoms with Crippen molar-refractivity contribution in [3.05, 3.63) is 34.9 Å². The summed E-state index contributed by atoms with van der Waals surface area (Å²) in [5.41, 5.74) is 6.98. The molecule has 1 aliphatic heterocycles. The smallest absolute Gasteiger partial charge is 0.230 e. The van der Waals surface area contributed by atoms with E-state index in [4.69, 9.17) is 17.3 Å². The van der Waals surface area contributed by atoms with Crippen molar-refractivity contribution in [2.45, 2.75) is 38.6 Å². The molecule has 1 aromatic carbocycles. The normalized spacial score (nSPS) is 21.1. The molecular formula is C16H23ClN2O. The van der Waals surface area contributed by atoms with Crippen LogP contribution in [-0.2, 0) is 4.79 Å². The van der Waals surface area contributed by atoms with E-state index in [-0.39, 0.29) is 23.8 Å². The lowest BCUT2D eigenvalue weighted by Crippen LogP contribution is -2.48. The van der Waals surface area contributed by atoms with Gasteiger partial charge in [0.25, 0.3) is 0 Å². The van der Waals surface area contributed by atoms with Crippen LogP contribution < -0.4 is 5.73 Å². The molecule has 3 nitrogen and oxygen atoms in total. The Morgan fingerprint density at radius 1 is 1.45 bits per heavy atom. The Labute approximate surface area is 126 Å². The first-order valence-corrected chi connectivity index (χ1v) is 7.66. The van der Waals surface area contributed by atoms with E-state index in [9.17, 15) is 4.79 Å². The number of hydrogen-bond acceptors (Lipinski definition) is 2. The van der Waals surface area contributed by atoms with Crippen molar-refractivity contribution in [3.8, 4) is 0 Å². The number of likely N-dealkylation sites (tertiary alicyclic amines) is 1. The molecule has 2 rings (SSSR count). The molecular weight excluding hydrogens is 272 g/mol. The van der Waals surface area contributed by atoms with Gasteiger partial charge in [-0.3, -0.25) is 4.79 Å². The molecule has 110 valence electrons. The van der Waals surface area contributed by atoms with Crippen LogP contribution in [0.25, 0.3) is 0 Å². The van der Waals surface area contributed by atoms with Crippen molar-refractivity contribution in [1.82, 2.24) is 4.90 Å². The summed E-state index contributed by atoms with van der Waals surface area (Å²) < 4.78 is 0. The largest absolute Gasteiger partial charge is 0.341 e. The van der Waals surface area contributed by atoms with Crippen LogP contribution in [0.5, 0.6) is 0 Å². The number of carbonyl (C=O) groups excluding carboxylic acids is 1. The summed E-state index contributed by atoms with van der Waals surface area (Å²) in [6, 6.07) is 7.73. The van der Waals surface area contributed by atoms with Crippen LogP contribution in [0.2, 0.25) is 5.02 Å². The summed E-state index contributed by atoms with van der Waals surface area (Å²) in [5.74, 6) is 0.274. The maximum Gasteiger partial charge on any atom is 0.230 e. The lowest BCUT2D eigenvalue weighted by atomic mass is 9.86. The second kappa shape index (κ2) is 6.59. The SMILES string of the molecule is CC(C)C(C(=O)N1CCCC(N)C1)c1cccc(Cl)c1. The average Bonchev–Trinajstić information content (AvgIpc) is 2.38. The predicted octanol–water partition coefficient (Wildman–Crippen LogP) is 3.03. The van der Waals surface area contributed by atoms with Crippen molar-refractivity contribution < 1.29 is 4.79 Å². The minimum absolute atomic E-state index is 0.111. The standard InChI is InChI=1S/C16H23ClN2O/c1-11(2)15(12-5-3-6-13(17)9-12)16(20)19-8-4-7-14(18)10-19/h3,5-6,9,11,14-15H,4,7-8,10,18H2,1-2H3. The first kappa shape index (κ1) is 15.3. The van der Waals surface area contributed by atoms with Crippen molar-refractivity contribution in [2.24, 2.45) is 11.7 Å². The molecule has 0 aliphatic carbocycles. The van der Waals surface area contributed by atoms with Gasteiger partial charge < -0.3 is 10.6 Å². The van der Waals surface area contributed by atoms with Crippen molar-refractivity contribution in [1.29, 1.82) is 0 Å². The molecule has 2 N–H and O–H groups in total. The van der Waals surface area contributed by atoms with Gasteiger partial charge >= 0.3 is 0 Å². The molecule has 0 spiro atoms. The number of hydrogen-bond donors (Lipinski definition) is 1. The molecule has 1 amide bonds. The van der Waals surface area contributed by atoms with Gasteiger partial charge in [0.2, 0.25) is 5.91 Å². The first-order chi connectivity index (χ1) is 9.49. The highest BCUT2D eigenvalue weighted by molar-refractivity contribution is 6.30. The lowest BCUT2D eigenvalue weighted by molar-refractivity contribution is -0.135. The van der Waals surface area contributed by atoms with E-state index >= 15 is 0 Å². The van der Waals surface area contributed by atoms with E-state index in [2.05, 4.69) is 13.8 Å². The Balaban J connectivity index is 2.22. The monoisotopic (exact) mass is 294 g/mol. The van der Waals surface area contributed by atoms with Gasteiger partial charge in [-0.1, -0.05) is 37.6 Å². The Morgan fingerprint density at radius 3 is 2.80 bits per heavy atom. The molecule has 20 heavy (non-hydrogen) atoms. The van der Waals surface area contributed by atoms with Crippen molar-refractivity contribution in [3.63, 3.8) is 0 Å². The number of piperidine rings is 1. The molecule has 0 saturated carbocycles. The quantitative estimate of drug-likeness (QED) is 0.931. The van der Waals surface area contributed by atoms with Gasteiger partial charge in [0.1, 0.15) is 0 Å². The molecule has 0 aromatic heterocycles. The molecule has 0 radical (unpaired) electrons. The van der Waals surface area contributed by atoms with Crippen LogP contribution in [0.3, 0.4) is 0 Å². The van der Waals surface area contributed by atoms with Crippen LogP contribution in [-0.4, -0.2) is 29.9 Å². The predicted molar refractivity (Wildman–Crippen MR) is 82.8 cm³/mol. The van der Waals surface area contributed by atoms with Gasteiger partial charge in [-0.25, -0.2) is 0 Å². The van der Waals surface area contributed by atoms with Crippen LogP contribution in [0.15, 0.2) is 24.3 Å². The van der Waals surface area contributed by atoms with Crippen molar-refractivity contribution >= 4 is 17.5 Å². The van der Waals surface area contributed by atoms with Crippen LogP contribution in [0.4, 0.5) is 0 Å². The topological polar surface area (TPSA) is 46.3 Å².